The summed E-state index contributed by atoms with van der Waals surface area (Å²) in [5.41, 5.74) is 8.88. The Labute approximate surface area is 110 Å². The molecule has 0 saturated heterocycles. The summed E-state index contributed by atoms with van der Waals surface area (Å²) < 4.78 is 0. The lowest BCUT2D eigenvalue weighted by Gasteiger charge is -2.11. The molecule has 98 valence electrons. The molecule has 2 fully saturated rings. The molecule has 2 heteroatoms. The topological polar surface area (TPSA) is 38.9 Å². The van der Waals surface area contributed by atoms with E-state index in [-0.39, 0.29) is 0 Å². The zero-order chi connectivity index (χ0) is 12.5. The third kappa shape index (κ3) is 2.31. The van der Waals surface area contributed by atoms with Crippen LogP contribution in [0.1, 0.15) is 43.9 Å². The first-order chi connectivity index (χ1) is 8.79. The van der Waals surface area contributed by atoms with Crippen LogP contribution in [0, 0.1) is 17.8 Å². The number of hydrogen-bond acceptors (Lipinski definition) is 2. The molecular formula is C16H24N2. The second-order valence-corrected chi connectivity index (χ2v) is 6.07. The second-order valence-electron chi connectivity index (χ2n) is 6.07. The van der Waals surface area contributed by atoms with Crippen molar-refractivity contribution >= 4 is 0 Å². The number of aromatic nitrogens is 1. The summed E-state index contributed by atoms with van der Waals surface area (Å²) in [7, 11) is 0. The van der Waals surface area contributed by atoms with Crippen LogP contribution in [0.15, 0.2) is 18.3 Å². The number of aryl methyl sites for hydroxylation is 1. The second kappa shape index (κ2) is 5.00. The smallest absolute Gasteiger partial charge is 0.0419 e. The molecule has 3 atom stereocenters. The number of rotatable bonds is 4. The molecule has 0 aromatic carbocycles. The van der Waals surface area contributed by atoms with Gasteiger partial charge < -0.3 is 5.73 Å². The van der Waals surface area contributed by atoms with Crippen LogP contribution in [0.5, 0.6) is 0 Å². The van der Waals surface area contributed by atoms with E-state index in [2.05, 4.69) is 24.0 Å². The first kappa shape index (κ1) is 12.2. The molecule has 2 N–H and O–H groups in total. The highest BCUT2D eigenvalue weighted by Gasteiger charge is 2.52. The summed E-state index contributed by atoms with van der Waals surface area (Å²) in [6.45, 7) is 2.16. The molecule has 2 nitrogen and oxygen atoms in total. The third-order valence-corrected chi connectivity index (χ3v) is 4.96. The van der Waals surface area contributed by atoms with E-state index >= 15 is 0 Å². The fourth-order valence-corrected chi connectivity index (χ4v) is 3.85. The maximum absolute atomic E-state index is 6.40. The van der Waals surface area contributed by atoms with Gasteiger partial charge in [-0.25, -0.2) is 0 Å². The highest BCUT2D eigenvalue weighted by atomic mass is 14.8. The zero-order valence-corrected chi connectivity index (χ0v) is 11.3. The maximum atomic E-state index is 6.40. The first-order valence-electron chi connectivity index (χ1n) is 7.49. The van der Waals surface area contributed by atoms with Crippen LogP contribution in [-0.2, 0) is 12.8 Å². The lowest BCUT2D eigenvalue weighted by molar-refractivity contribution is 0.480. The lowest BCUT2D eigenvalue weighted by Crippen LogP contribution is -2.27. The average molecular weight is 244 g/mol. The van der Waals surface area contributed by atoms with Crippen molar-refractivity contribution in [3.8, 4) is 0 Å². The Bertz CT molecular complexity index is 386. The third-order valence-electron chi connectivity index (χ3n) is 4.96. The minimum absolute atomic E-state index is 0.332. The highest BCUT2D eigenvalue weighted by molar-refractivity contribution is 5.16. The van der Waals surface area contributed by atoms with Crippen LogP contribution in [0.3, 0.4) is 0 Å². The fraction of sp³-hybridized carbons (Fsp3) is 0.688. The lowest BCUT2D eigenvalue weighted by atomic mass is 10.0. The van der Waals surface area contributed by atoms with Crippen LogP contribution < -0.4 is 5.73 Å². The van der Waals surface area contributed by atoms with E-state index in [4.69, 9.17) is 5.73 Å². The van der Waals surface area contributed by atoms with Gasteiger partial charge in [-0.15, -0.1) is 0 Å². The van der Waals surface area contributed by atoms with Gasteiger partial charge >= 0.3 is 0 Å². The predicted molar refractivity (Wildman–Crippen MR) is 74.2 cm³/mol. The van der Waals surface area contributed by atoms with Crippen LogP contribution >= 0.6 is 0 Å². The highest BCUT2D eigenvalue weighted by Crippen LogP contribution is 2.56. The molecular weight excluding hydrogens is 220 g/mol. The number of fused-ring (bicyclic) bond motifs is 1. The van der Waals surface area contributed by atoms with E-state index in [9.17, 15) is 0 Å². The normalized spacial score (nSPS) is 31.8. The van der Waals surface area contributed by atoms with Crippen LogP contribution in [0.25, 0.3) is 0 Å². The van der Waals surface area contributed by atoms with Gasteiger partial charge in [-0.05, 0) is 48.6 Å². The van der Waals surface area contributed by atoms with Crippen LogP contribution in [-0.4, -0.2) is 11.0 Å². The Morgan fingerprint density at radius 3 is 2.56 bits per heavy atom. The molecule has 2 aliphatic rings. The van der Waals surface area contributed by atoms with Gasteiger partial charge in [-0.3, -0.25) is 4.98 Å². The number of pyridine rings is 1. The predicted octanol–water partition coefficient (Wildman–Crippen LogP) is 2.95. The first-order valence-corrected chi connectivity index (χ1v) is 7.49. The van der Waals surface area contributed by atoms with Crippen molar-refractivity contribution in [1.29, 1.82) is 0 Å². The van der Waals surface area contributed by atoms with Crippen molar-refractivity contribution in [3.05, 3.63) is 29.6 Å². The van der Waals surface area contributed by atoms with E-state index in [1.807, 2.05) is 6.20 Å². The summed E-state index contributed by atoms with van der Waals surface area (Å²) in [4.78, 5) is 4.54. The maximum Gasteiger partial charge on any atom is 0.0419 e. The molecule has 2 saturated carbocycles. The molecule has 1 heterocycles. The van der Waals surface area contributed by atoms with Crippen molar-refractivity contribution in [3.63, 3.8) is 0 Å². The number of nitrogens with two attached hydrogens (primary N) is 1. The minimum Gasteiger partial charge on any atom is -0.327 e. The molecule has 0 bridgehead atoms. The van der Waals surface area contributed by atoms with Crippen molar-refractivity contribution in [2.75, 3.05) is 0 Å². The van der Waals surface area contributed by atoms with Gasteiger partial charge in [0.25, 0.3) is 0 Å². The summed E-state index contributed by atoms with van der Waals surface area (Å²) in [5, 5.41) is 0. The number of nitrogens with zero attached hydrogens (tertiary/aromatic N) is 1. The van der Waals surface area contributed by atoms with Gasteiger partial charge in [0.05, 0.1) is 0 Å². The Kier molecular flexibility index (Phi) is 3.38. The monoisotopic (exact) mass is 244 g/mol. The molecule has 0 radical (unpaired) electrons. The Hall–Kier alpha value is -0.890. The molecule has 3 rings (SSSR count). The minimum atomic E-state index is 0.332. The van der Waals surface area contributed by atoms with Gasteiger partial charge in [0.15, 0.2) is 0 Å². The van der Waals surface area contributed by atoms with E-state index in [1.54, 1.807) is 0 Å². The zero-order valence-electron chi connectivity index (χ0n) is 11.3. The molecule has 18 heavy (non-hydrogen) atoms. The molecule has 0 aliphatic heterocycles. The van der Waals surface area contributed by atoms with Crippen molar-refractivity contribution < 1.29 is 0 Å². The van der Waals surface area contributed by atoms with Gasteiger partial charge in [0.2, 0.25) is 0 Å². The fourth-order valence-electron chi connectivity index (χ4n) is 3.85. The summed E-state index contributed by atoms with van der Waals surface area (Å²) in [6.07, 6.45) is 9.72. The summed E-state index contributed by atoms with van der Waals surface area (Å²) in [6, 6.07) is 4.68. The van der Waals surface area contributed by atoms with E-state index in [1.165, 1.54) is 36.9 Å². The average Bonchev–Trinajstić information content (AvgIpc) is 3.14. The van der Waals surface area contributed by atoms with Crippen molar-refractivity contribution in [2.45, 2.75) is 51.5 Å². The van der Waals surface area contributed by atoms with E-state index in [0.717, 1.165) is 30.6 Å². The molecule has 3 unspecified atom stereocenters. The molecule has 1 aromatic heterocycles. The largest absolute Gasteiger partial charge is 0.327 e. The van der Waals surface area contributed by atoms with Crippen molar-refractivity contribution in [2.24, 2.45) is 23.5 Å². The quantitative estimate of drug-likeness (QED) is 0.884. The summed E-state index contributed by atoms with van der Waals surface area (Å²) >= 11 is 0. The van der Waals surface area contributed by atoms with Gasteiger partial charge in [-0.2, -0.15) is 0 Å². The van der Waals surface area contributed by atoms with Crippen LogP contribution in [0.2, 0.25) is 0 Å². The Balaban J connectivity index is 1.58. The van der Waals surface area contributed by atoms with E-state index < -0.39 is 0 Å². The summed E-state index contributed by atoms with van der Waals surface area (Å²) in [5.74, 6) is 2.69. The SMILES string of the molecule is CCc1ccc(CC(N)C2C3CCCCC32)nc1. The molecule has 0 spiro atoms. The number of hydrogen-bond donors (Lipinski definition) is 1. The Morgan fingerprint density at radius 1 is 1.28 bits per heavy atom. The molecule has 0 amide bonds. The standard InChI is InChI=1S/C16H24N2/c1-2-11-7-8-12(18-10-11)9-15(17)16-13-5-3-4-6-14(13)16/h7-8,10,13-16H,2-6,9,17H2,1H3. The van der Waals surface area contributed by atoms with Crippen LogP contribution in [0.4, 0.5) is 0 Å². The van der Waals surface area contributed by atoms with Crippen molar-refractivity contribution in [1.82, 2.24) is 4.98 Å². The molecule has 1 aromatic rings. The Morgan fingerprint density at radius 2 is 2.00 bits per heavy atom. The molecule has 2 aliphatic carbocycles. The van der Waals surface area contributed by atoms with E-state index in [0.29, 0.717) is 6.04 Å². The van der Waals surface area contributed by atoms with Gasteiger partial charge in [0.1, 0.15) is 0 Å². The van der Waals surface area contributed by atoms with Gasteiger partial charge in [0, 0.05) is 24.4 Å². The van der Waals surface area contributed by atoms with Gasteiger partial charge in [-0.1, -0.05) is 25.8 Å².